The van der Waals surface area contributed by atoms with Gasteiger partial charge in [0.15, 0.2) is 0 Å². The molecular weight excluding hydrogens is 412 g/mol. The molecule has 0 atom stereocenters. The molecule has 0 unspecified atom stereocenters. The van der Waals surface area contributed by atoms with E-state index in [1.807, 2.05) is 41.2 Å². The SMILES string of the molecule is Clc1ccc(-n2nc3c4c(ncc3c2OCC2CC2)CCN(c2ncccn2)C4)cc1. The van der Waals surface area contributed by atoms with Crippen LogP contribution in [0.5, 0.6) is 5.88 Å². The first kappa shape index (κ1) is 18.6. The molecule has 1 saturated carbocycles. The van der Waals surface area contributed by atoms with Crippen molar-refractivity contribution in [2.75, 3.05) is 18.1 Å². The Morgan fingerprint density at radius 1 is 1.06 bits per heavy atom. The van der Waals surface area contributed by atoms with E-state index in [9.17, 15) is 0 Å². The summed E-state index contributed by atoms with van der Waals surface area (Å²) in [6.45, 7) is 2.21. The van der Waals surface area contributed by atoms with E-state index in [1.165, 1.54) is 12.8 Å². The van der Waals surface area contributed by atoms with Gasteiger partial charge in [-0.05, 0) is 49.1 Å². The number of benzene rings is 1. The van der Waals surface area contributed by atoms with Crippen LogP contribution in [0, 0.1) is 5.92 Å². The van der Waals surface area contributed by atoms with Crippen molar-refractivity contribution in [1.29, 1.82) is 0 Å². The van der Waals surface area contributed by atoms with Gasteiger partial charge in [0.25, 0.3) is 0 Å². The molecule has 7 nitrogen and oxygen atoms in total. The highest BCUT2D eigenvalue weighted by Gasteiger charge is 2.27. The number of pyridine rings is 1. The molecule has 0 N–H and O–H groups in total. The number of aromatic nitrogens is 5. The van der Waals surface area contributed by atoms with Gasteiger partial charge < -0.3 is 9.64 Å². The summed E-state index contributed by atoms with van der Waals surface area (Å²) in [5, 5.41) is 6.62. The van der Waals surface area contributed by atoms with Gasteiger partial charge in [-0.15, -0.1) is 0 Å². The van der Waals surface area contributed by atoms with Crippen LogP contribution in [-0.2, 0) is 13.0 Å². The monoisotopic (exact) mass is 432 g/mol. The van der Waals surface area contributed by atoms with E-state index in [-0.39, 0.29) is 0 Å². The molecule has 31 heavy (non-hydrogen) atoms. The lowest BCUT2D eigenvalue weighted by atomic mass is 10.0. The first-order valence-corrected chi connectivity index (χ1v) is 10.9. The van der Waals surface area contributed by atoms with E-state index < -0.39 is 0 Å². The van der Waals surface area contributed by atoms with Crippen molar-refractivity contribution in [3.63, 3.8) is 0 Å². The van der Waals surface area contributed by atoms with E-state index in [0.717, 1.165) is 52.6 Å². The molecule has 0 saturated heterocycles. The number of fused-ring (bicyclic) bond motifs is 3. The van der Waals surface area contributed by atoms with Crippen LogP contribution in [0.15, 0.2) is 48.9 Å². The second-order valence-corrected chi connectivity index (χ2v) is 8.55. The predicted molar refractivity (Wildman–Crippen MR) is 119 cm³/mol. The summed E-state index contributed by atoms with van der Waals surface area (Å²) in [4.78, 5) is 15.8. The summed E-state index contributed by atoms with van der Waals surface area (Å²) in [7, 11) is 0. The molecule has 0 amide bonds. The minimum Gasteiger partial charge on any atom is -0.477 e. The smallest absolute Gasteiger partial charge is 0.226 e. The van der Waals surface area contributed by atoms with E-state index >= 15 is 0 Å². The Hall–Kier alpha value is -3.19. The number of hydrogen-bond donors (Lipinski definition) is 0. The molecule has 0 radical (unpaired) electrons. The van der Waals surface area contributed by atoms with E-state index in [0.29, 0.717) is 24.1 Å². The molecule has 4 aromatic rings. The standard InChI is InChI=1S/C23H21ClN6O/c24-16-4-6-17(7-5-16)30-22(31-14-15-2-3-15)18-12-27-20-8-11-29(13-19(20)21(18)28-30)23-25-9-1-10-26-23/h1,4-7,9-10,12,15H,2-3,8,11,13-14H2. The molecule has 0 spiro atoms. The fourth-order valence-electron chi connectivity index (χ4n) is 4.01. The van der Waals surface area contributed by atoms with Gasteiger partial charge in [0.2, 0.25) is 11.8 Å². The van der Waals surface area contributed by atoms with E-state index in [4.69, 9.17) is 26.4 Å². The Labute approximate surface area is 184 Å². The Balaban J connectivity index is 1.46. The molecule has 1 aliphatic carbocycles. The van der Waals surface area contributed by atoms with Gasteiger partial charge in [-0.25, -0.2) is 9.97 Å². The van der Waals surface area contributed by atoms with Crippen molar-refractivity contribution in [2.45, 2.75) is 25.8 Å². The molecule has 1 aromatic carbocycles. The summed E-state index contributed by atoms with van der Waals surface area (Å²) in [6, 6.07) is 9.50. The van der Waals surface area contributed by atoms with Crippen molar-refractivity contribution >= 4 is 28.5 Å². The normalized spacial score (nSPS) is 15.8. The molecule has 1 fully saturated rings. The number of rotatable bonds is 5. The van der Waals surface area contributed by atoms with Gasteiger partial charge in [-0.1, -0.05) is 11.6 Å². The third kappa shape index (κ3) is 3.49. The Morgan fingerprint density at radius 2 is 1.87 bits per heavy atom. The second-order valence-electron chi connectivity index (χ2n) is 8.11. The van der Waals surface area contributed by atoms with Gasteiger partial charge in [0.05, 0.1) is 17.7 Å². The van der Waals surface area contributed by atoms with Gasteiger partial charge in [0.1, 0.15) is 5.52 Å². The first-order chi connectivity index (χ1) is 15.3. The molecule has 1 aliphatic heterocycles. The van der Waals surface area contributed by atoms with Gasteiger partial charge in [0, 0.05) is 54.4 Å². The lowest BCUT2D eigenvalue weighted by Crippen LogP contribution is -2.32. The van der Waals surface area contributed by atoms with Crippen LogP contribution >= 0.6 is 11.6 Å². The van der Waals surface area contributed by atoms with E-state index in [2.05, 4.69) is 14.9 Å². The Kier molecular flexibility index (Phi) is 4.49. The highest BCUT2D eigenvalue weighted by molar-refractivity contribution is 6.30. The molecule has 4 heterocycles. The molecule has 156 valence electrons. The van der Waals surface area contributed by atoms with Gasteiger partial charge in [-0.3, -0.25) is 4.98 Å². The van der Waals surface area contributed by atoms with Crippen LogP contribution in [0.3, 0.4) is 0 Å². The maximum Gasteiger partial charge on any atom is 0.226 e. The number of ether oxygens (including phenoxy) is 1. The molecular formula is C23H21ClN6O. The zero-order chi connectivity index (χ0) is 20.8. The van der Waals surface area contributed by atoms with Crippen molar-refractivity contribution in [3.05, 3.63) is 65.2 Å². The number of hydrogen-bond acceptors (Lipinski definition) is 6. The maximum absolute atomic E-state index is 6.29. The zero-order valence-electron chi connectivity index (χ0n) is 16.9. The lowest BCUT2D eigenvalue weighted by molar-refractivity contribution is 0.283. The van der Waals surface area contributed by atoms with Crippen LogP contribution < -0.4 is 9.64 Å². The number of nitrogens with zero attached hydrogens (tertiary/aromatic N) is 6. The third-order valence-corrected chi connectivity index (χ3v) is 6.14. The molecule has 8 heteroatoms. The average molecular weight is 433 g/mol. The van der Waals surface area contributed by atoms with Crippen LogP contribution in [0.4, 0.5) is 5.95 Å². The topological polar surface area (TPSA) is 69.0 Å². The second kappa shape index (κ2) is 7.50. The zero-order valence-corrected chi connectivity index (χ0v) is 17.7. The van der Waals surface area contributed by atoms with Crippen molar-refractivity contribution in [2.24, 2.45) is 5.92 Å². The summed E-state index contributed by atoms with van der Waals surface area (Å²) in [6.07, 6.45) is 8.74. The fraction of sp³-hybridized carbons (Fsp3) is 0.304. The minimum absolute atomic E-state index is 0.639. The van der Waals surface area contributed by atoms with Crippen LogP contribution in [0.25, 0.3) is 16.6 Å². The fourth-order valence-corrected chi connectivity index (χ4v) is 4.13. The van der Waals surface area contributed by atoms with Crippen molar-refractivity contribution in [1.82, 2.24) is 24.7 Å². The summed E-state index contributed by atoms with van der Waals surface area (Å²) < 4.78 is 8.17. The third-order valence-electron chi connectivity index (χ3n) is 5.89. The highest BCUT2D eigenvalue weighted by Crippen LogP contribution is 2.36. The summed E-state index contributed by atoms with van der Waals surface area (Å²) in [5.41, 5.74) is 4.03. The van der Waals surface area contributed by atoms with Crippen LogP contribution in [0.1, 0.15) is 24.1 Å². The average Bonchev–Trinajstić information content (AvgIpc) is 3.57. The Morgan fingerprint density at radius 3 is 2.65 bits per heavy atom. The summed E-state index contributed by atoms with van der Waals surface area (Å²) in [5.74, 6) is 2.11. The largest absolute Gasteiger partial charge is 0.477 e. The molecule has 2 aliphatic rings. The molecule has 6 rings (SSSR count). The van der Waals surface area contributed by atoms with Crippen molar-refractivity contribution in [3.8, 4) is 11.6 Å². The summed E-state index contributed by atoms with van der Waals surface area (Å²) >= 11 is 6.11. The minimum atomic E-state index is 0.639. The Bertz CT molecular complexity index is 1240. The van der Waals surface area contributed by atoms with Gasteiger partial charge in [-0.2, -0.15) is 9.78 Å². The quantitative estimate of drug-likeness (QED) is 0.470. The first-order valence-electron chi connectivity index (χ1n) is 10.6. The molecule has 0 bridgehead atoms. The van der Waals surface area contributed by atoms with Crippen LogP contribution in [-0.4, -0.2) is 37.9 Å². The van der Waals surface area contributed by atoms with Gasteiger partial charge >= 0.3 is 0 Å². The maximum atomic E-state index is 6.29. The van der Waals surface area contributed by atoms with E-state index in [1.54, 1.807) is 12.4 Å². The number of anilines is 1. The predicted octanol–water partition coefficient (Wildman–Crippen LogP) is 4.22. The number of halogens is 1. The highest BCUT2D eigenvalue weighted by atomic mass is 35.5. The van der Waals surface area contributed by atoms with Crippen molar-refractivity contribution < 1.29 is 4.74 Å². The van der Waals surface area contributed by atoms with Crippen LogP contribution in [0.2, 0.25) is 5.02 Å². The molecule has 3 aromatic heterocycles. The lowest BCUT2D eigenvalue weighted by Gasteiger charge is -2.28.